The van der Waals surface area contributed by atoms with Crippen molar-refractivity contribution in [1.29, 1.82) is 0 Å². The van der Waals surface area contributed by atoms with E-state index in [0.29, 0.717) is 23.6 Å². The van der Waals surface area contributed by atoms with Crippen LogP contribution in [0.5, 0.6) is 0 Å². The fraction of sp³-hybridized carbons (Fsp3) is 0.533. The van der Waals surface area contributed by atoms with Gasteiger partial charge in [-0.05, 0) is 25.0 Å². The molecule has 0 fully saturated rings. The molecule has 0 spiro atoms. The van der Waals surface area contributed by atoms with Gasteiger partial charge >= 0.3 is 6.03 Å². The Morgan fingerprint density at radius 1 is 1.33 bits per heavy atom. The van der Waals surface area contributed by atoms with Gasteiger partial charge in [0.2, 0.25) is 0 Å². The smallest absolute Gasteiger partial charge is 0.319 e. The molecule has 0 saturated heterocycles. The number of aliphatic hydroxyl groups is 1. The Balaban J connectivity index is 2.92. The molecule has 0 aliphatic rings. The summed E-state index contributed by atoms with van der Waals surface area (Å²) in [6, 6.07) is 5.00. The highest BCUT2D eigenvalue weighted by atomic mass is 35.5. The fourth-order valence-corrected chi connectivity index (χ4v) is 2.50. The zero-order chi connectivity index (χ0) is 16.0. The van der Waals surface area contributed by atoms with Gasteiger partial charge in [0.25, 0.3) is 0 Å². The lowest BCUT2D eigenvalue weighted by atomic mass is 9.94. The van der Waals surface area contributed by atoms with Crippen LogP contribution in [0, 0.1) is 0 Å². The van der Waals surface area contributed by atoms with Gasteiger partial charge in [0.15, 0.2) is 0 Å². The maximum absolute atomic E-state index is 12.2. The van der Waals surface area contributed by atoms with Gasteiger partial charge in [-0.3, -0.25) is 0 Å². The van der Waals surface area contributed by atoms with Gasteiger partial charge in [-0.1, -0.05) is 31.5 Å². The second kappa shape index (κ2) is 7.52. The van der Waals surface area contributed by atoms with Crippen LogP contribution in [0.4, 0.5) is 16.2 Å². The van der Waals surface area contributed by atoms with Crippen molar-refractivity contribution in [2.45, 2.75) is 32.2 Å². The lowest BCUT2D eigenvalue weighted by Crippen LogP contribution is -2.52. The molecule has 0 unspecified atom stereocenters. The summed E-state index contributed by atoms with van der Waals surface area (Å²) in [7, 11) is 3.72. The number of benzene rings is 1. The summed E-state index contributed by atoms with van der Waals surface area (Å²) < 4.78 is 0. The second-order valence-electron chi connectivity index (χ2n) is 5.26. The largest absolute Gasteiger partial charge is 0.394 e. The summed E-state index contributed by atoms with van der Waals surface area (Å²) in [5.74, 6) is 0. The molecule has 5 nitrogen and oxygen atoms in total. The number of halogens is 1. The topological polar surface area (TPSA) is 64.6 Å². The molecule has 0 atom stereocenters. The lowest BCUT2D eigenvalue weighted by molar-refractivity contribution is 0.155. The van der Waals surface area contributed by atoms with Crippen LogP contribution in [0.25, 0.3) is 0 Å². The van der Waals surface area contributed by atoms with Crippen molar-refractivity contribution in [3.05, 3.63) is 23.2 Å². The summed E-state index contributed by atoms with van der Waals surface area (Å²) in [6.07, 6.45) is 1.31. The number of urea groups is 1. The third-order valence-corrected chi connectivity index (χ3v) is 4.02. The van der Waals surface area contributed by atoms with Crippen LogP contribution in [0.15, 0.2) is 18.2 Å². The average molecular weight is 314 g/mol. The maximum atomic E-state index is 12.2. The van der Waals surface area contributed by atoms with Crippen molar-refractivity contribution < 1.29 is 9.90 Å². The van der Waals surface area contributed by atoms with E-state index in [4.69, 9.17) is 11.6 Å². The number of carbonyl (C=O) groups excluding carboxylic acids is 1. The minimum absolute atomic E-state index is 0.0937. The molecule has 3 N–H and O–H groups in total. The first-order chi connectivity index (χ1) is 9.89. The van der Waals surface area contributed by atoms with Crippen LogP contribution < -0.4 is 15.5 Å². The fourth-order valence-electron chi connectivity index (χ4n) is 2.16. The van der Waals surface area contributed by atoms with Gasteiger partial charge in [0.1, 0.15) is 0 Å². The van der Waals surface area contributed by atoms with Crippen molar-refractivity contribution in [2.75, 3.05) is 30.9 Å². The zero-order valence-electron chi connectivity index (χ0n) is 13.0. The lowest BCUT2D eigenvalue weighted by Gasteiger charge is -2.31. The van der Waals surface area contributed by atoms with E-state index in [1.807, 2.05) is 32.8 Å². The highest BCUT2D eigenvalue weighted by Gasteiger charge is 2.27. The van der Waals surface area contributed by atoms with Crippen LogP contribution >= 0.6 is 11.6 Å². The number of anilines is 2. The summed E-state index contributed by atoms with van der Waals surface area (Å²) in [4.78, 5) is 14.0. The molecular formula is C15H24ClN3O2. The average Bonchev–Trinajstić information content (AvgIpc) is 2.44. The molecular weight excluding hydrogens is 290 g/mol. The summed E-state index contributed by atoms with van der Waals surface area (Å²) in [5, 5.41) is 15.7. The number of nitrogens with one attached hydrogen (secondary N) is 2. The quantitative estimate of drug-likeness (QED) is 0.756. The van der Waals surface area contributed by atoms with E-state index in [1.165, 1.54) is 0 Å². The van der Waals surface area contributed by atoms with Crippen molar-refractivity contribution in [3.8, 4) is 0 Å². The van der Waals surface area contributed by atoms with Gasteiger partial charge in [-0.2, -0.15) is 0 Å². The molecule has 21 heavy (non-hydrogen) atoms. The number of hydrogen-bond donors (Lipinski definition) is 3. The molecule has 6 heteroatoms. The standard InChI is InChI=1S/C15H24ClN3O2/c1-5-15(6-2,10-20)18-14(21)17-12-9-7-8-11(16)13(12)19(3)4/h7-9,20H,5-6,10H2,1-4H3,(H2,17,18,21). The highest BCUT2D eigenvalue weighted by Crippen LogP contribution is 2.32. The number of hydrogen-bond acceptors (Lipinski definition) is 3. The Morgan fingerprint density at radius 2 is 1.95 bits per heavy atom. The molecule has 0 radical (unpaired) electrons. The molecule has 1 aromatic rings. The number of aliphatic hydroxyl groups excluding tert-OH is 1. The number of para-hydroxylation sites is 1. The van der Waals surface area contributed by atoms with Gasteiger partial charge < -0.3 is 20.6 Å². The van der Waals surface area contributed by atoms with Crippen molar-refractivity contribution in [1.82, 2.24) is 5.32 Å². The Labute approximate surface area is 131 Å². The van der Waals surface area contributed by atoms with E-state index in [2.05, 4.69) is 10.6 Å². The first kappa shape index (κ1) is 17.6. The SMILES string of the molecule is CCC(CC)(CO)NC(=O)Nc1cccc(Cl)c1N(C)C. The predicted octanol–water partition coefficient (Wildman–Crippen LogP) is 3.08. The molecule has 118 valence electrons. The number of nitrogens with zero attached hydrogens (tertiary/aromatic N) is 1. The van der Waals surface area contributed by atoms with E-state index in [1.54, 1.807) is 18.2 Å². The third-order valence-electron chi connectivity index (χ3n) is 3.72. The third kappa shape index (κ3) is 4.25. The Morgan fingerprint density at radius 3 is 2.43 bits per heavy atom. The molecule has 0 aromatic heterocycles. The minimum Gasteiger partial charge on any atom is -0.394 e. The van der Waals surface area contributed by atoms with E-state index in [0.717, 1.165) is 5.69 Å². The first-order valence-electron chi connectivity index (χ1n) is 7.05. The van der Waals surface area contributed by atoms with Gasteiger partial charge in [0, 0.05) is 14.1 Å². The first-order valence-corrected chi connectivity index (χ1v) is 7.42. The summed E-state index contributed by atoms with van der Waals surface area (Å²) in [5.41, 5.74) is 0.780. The Hall–Kier alpha value is -1.46. The van der Waals surface area contributed by atoms with E-state index >= 15 is 0 Å². The van der Waals surface area contributed by atoms with Gasteiger partial charge in [-0.25, -0.2) is 4.79 Å². The molecule has 0 saturated carbocycles. The minimum atomic E-state index is -0.596. The second-order valence-corrected chi connectivity index (χ2v) is 5.66. The molecule has 0 aliphatic carbocycles. The Bertz CT molecular complexity index is 480. The monoisotopic (exact) mass is 313 g/mol. The van der Waals surface area contributed by atoms with Crippen LogP contribution in [-0.2, 0) is 0 Å². The van der Waals surface area contributed by atoms with E-state index in [9.17, 15) is 9.90 Å². The van der Waals surface area contributed by atoms with E-state index in [-0.39, 0.29) is 12.6 Å². The number of amides is 2. The van der Waals surface area contributed by atoms with Crippen molar-refractivity contribution in [2.24, 2.45) is 0 Å². The van der Waals surface area contributed by atoms with Crippen LogP contribution in [0.3, 0.4) is 0 Å². The van der Waals surface area contributed by atoms with Crippen molar-refractivity contribution in [3.63, 3.8) is 0 Å². The summed E-state index contributed by atoms with van der Waals surface area (Å²) in [6.45, 7) is 3.78. The van der Waals surface area contributed by atoms with Crippen LogP contribution in [-0.4, -0.2) is 37.4 Å². The van der Waals surface area contributed by atoms with Gasteiger partial charge in [0.05, 0.1) is 28.5 Å². The van der Waals surface area contributed by atoms with Crippen LogP contribution in [0.2, 0.25) is 5.02 Å². The van der Waals surface area contributed by atoms with E-state index < -0.39 is 5.54 Å². The number of carbonyl (C=O) groups is 1. The molecule has 1 aromatic carbocycles. The van der Waals surface area contributed by atoms with Crippen LogP contribution in [0.1, 0.15) is 26.7 Å². The predicted molar refractivity (Wildman–Crippen MR) is 88.3 cm³/mol. The number of rotatable bonds is 6. The molecule has 1 rings (SSSR count). The Kier molecular flexibility index (Phi) is 6.30. The molecule has 2 amide bonds. The molecule has 0 heterocycles. The normalized spacial score (nSPS) is 11.1. The maximum Gasteiger partial charge on any atom is 0.319 e. The molecule has 0 aliphatic heterocycles. The highest BCUT2D eigenvalue weighted by molar-refractivity contribution is 6.34. The van der Waals surface area contributed by atoms with Gasteiger partial charge in [-0.15, -0.1) is 0 Å². The zero-order valence-corrected chi connectivity index (χ0v) is 13.8. The van der Waals surface area contributed by atoms with Crippen molar-refractivity contribution >= 4 is 29.0 Å². The molecule has 0 bridgehead atoms. The summed E-state index contributed by atoms with van der Waals surface area (Å²) >= 11 is 6.17.